The Bertz CT molecular complexity index is 484. The van der Waals surface area contributed by atoms with Gasteiger partial charge in [0.2, 0.25) is 5.95 Å². The number of benzene rings is 1. The van der Waals surface area contributed by atoms with E-state index in [1.165, 1.54) is 5.56 Å². The van der Waals surface area contributed by atoms with Gasteiger partial charge in [0, 0.05) is 17.8 Å². The van der Waals surface area contributed by atoms with Gasteiger partial charge in [-0.15, -0.1) is 0 Å². The molecule has 2 rings (SSSR count). The van der Waals surface area contributed by atoms with Crippen molar-refractivity contribution < 1.29 is 0 Å². The number of hydrogen-bond donors (Lipinski definition) is 2. The van der Waals surface area contributed by atoms with Gasteiger partial charge in [0.1, 0.15) is 5.82 Å². The van der Waals surface area contributed by atoms with Crippen molar-refractivity contribution in [2.45, 2.75) is 6.42 Å². The molecule has 3 N–H and O–H groups in total. The summed E-state index contributed by atoms with van der Waals surface area (Å²) in [5.41, 5.74) is 6.71. The number of nitrogen functional groups attached to an aromatic ring is 1. The van der Waals surface area contributed by atoms with E-state index in [1.807, 2.05) is 24.3 Å². The third-order valence-corrected chi connectivity index (χ3v) is 2.56. The monoisotopic (exact) mass is 248 g/mol. The predicted molar refractivity (Wildman–Crippen MR) is 70.1 cm³/mol. The summed E-state index contributed by atoms with van der Waals surface area (Å²) >= 11 is 5.81. The first-order chi connectivity index (χ1) is 8.24. The molecule has 0 bridgehead atoms. The summed E-state index contributed by atoms with van der Waals surface area (Å²) < 4.78 is 0. The quantitative estimate of drug-likeness (QED) is 0.872. The van der Waals surface area contributed by atoms with E-state index >= 15 is 0 Å². The molecule has 0 aliphatic carbocycles. The molecular formula is C12H13ClN4. The lowest BCUT2D eigenvalue weighted by atomic mass is 10.1. The highest BCUT2D eigenvalue weighted by molar-refractivity contribution is 6.30. The molecule has 2 aromatic rings. The molecule has 4 nitrogen and oxygen atoms in total. The highest BCUT2D eigenvalue weighted by Crippen LogP contribution is 2.10. The third kappa shape index (κ3) is 3.60. The summed E-state index contributed by atoms with van der Waals surface area (Å²) in [6, 6.07) is 9.59. The molecule has 1 aromatic heterocycles. The van der Waals surface area contributed by atoms with Gasteiger partial charge < -0.3 is 11.1 Å². The fourth-order valence-corrected chi connectivity index (χ4v) is 1.58. The summed E-state index contributed by atoms with van der Waals surface area (Å²) in [6.07, 6.45) is 2.54. The van der Waals surface area contributed by atoms with Crippen LogP contribution in [0.5, 0.6) is 0 Å². The maximum atomic E-state index is 5.81. The van der Waals surface area contributed by atoms with Crippen LogP contribution in [0.3, 0.4) is 0 Å². The highest BCUT2D eigenvalue weighted by Gasteiger charge is 1.96. The summed E-state index contributed by atoms with van der Waals surface area (Å²) in [5, 5.41) is 3.94. The number of anilines is 2. The maximum Gasteiger partial charge on any atom is 0.221 e. The van der Waals surface area contributed by atoms with Gasteiger partial charge in [0.15, 0.2) is 0 Å². The van der Waals surface area contributed by atoms with E-state index in [4.69, 9.17) is 17.3 Å². The average molecular weight is 249 g/mol. The van der Waals surface area contributed by atoms with Gasteiger partial charge >= 0.3 is 0 Å². The molecule has 0 fully saturated rings. The van der Waals surface area contributed by atoms with Gasteiger partial charge in [-0.25, -0.2) is 4.98 Å². The van der Waals surface area contributed by atoms with Crippen LogP contribution < -0.4 is 11.1 Å². The Morgan fingerprint density at radius 3 is 2.65 bits per heavy atom. The van der Waals surface area contributed by atoms with Crippen LogP contribution in [0.15, 0.2) is 36.5 Å². The number of aromatic nitrogens is 2. The highest BCUT2D eigenvalue weighted by atomic mass is 35.5. The number of hydrogen-bond acceptors (Lipinski definition) is 4. The van der Waals surface area contributed by atoms with E-state index in [9.17, 15) is 0 Å². The fraction of sp³-hybridized carbons (Fsp3) is 0.167. The zero-order valence-electron chi connectivity index (χ0n) is 9.23. The molecule has 1 aromatic carbocycles. The van der Waals surface area contributed by atoms with Gasteiger partial charge in [-0.3, -0.25) is 0 Å². The van der Waals surface area contributed by atoms with Crippen LogP contribution in [0.2, 0.25) is 5.02 Å². The molecule has 17 heavy (non-hydrogen) atoms. The first-order valence-corrected chi connectivity index (χ1v) is 5.69. The molecule has 0 unspecified atom stereocenters. The Hall–Kier alpha value is -1.81. The standard InChI is InChI=1S/C12H13ClN4/c13-10-3-1-9(2-4-10)5-7-15-11-6-8-16-12(14)17-11/h1-4,6,8H,5,7H2,(H3,14,15,16,17). The molecule has 0 aliphatic rings. The molecule has 0 aliphatic heterocycles. The minimum absolute atomic E-state index is 0.279. The minimum Gasteiger partial charge on any atom is -0.370 e. The van der Waals surface area contributed by atoms with Crippen molar-refractivity contribution in [1.82, 2.24) is 9.97 Å². The Kier molecular flexibility index (Phi) is 3.77. The zero-order valence-corrected chi connectivity index (χ0v) is 9.98. The Balaban J connectivity index is 1.85. The molecular weight excluding hydrogens is 236 g/mol. The number of halogens is 1. The van der Waals surface area contributed by atoms with Crippen molar-refractivity contribution in [2.75, 3.05) is 17.6 Å². The van der Waals surface area contributed by atoms with Crippen molar-refractivity contribution in [1.29, 1.82) is 0 Å². The summed E-state index contributed by atoms with van der Waals surface area (Å²) in [7, 11) is 0. The van der Waals surface area contributed by atoms with Crippen LogP contribution in [0.4, 0.5) is 11.8 Å². The number of nitrogens with two attached hydrogens (primary N) is 1. The van der Waals surface area contributed by atoms with Gasteiger partial charge in [-0.1, -0.05) is 23.7 Å². The summed E-state index contributed by atoms with van der Waals surface area (Å²) in [5.74, 6) is 1.02. The van der Waals surface area contributed by atoms with E-state index in [1.54, 1.807) is 12.3 Å². The Morgan fingerprint density at radius 1 is 1.18 bits per heavy atom. The molecule has 1 heterocycles. The second-order valence-electron chi connectivity index (χ2n) is 3.60. The lowest BCUT2D eigenvalue weighted by molar-refractivity contribution is 1.00. The summed E-state index contributed by atoms with van der Waals surface area (Å²) in [4.78, 5) is 7.88. The van der Waals surface area contributed by atoms with E-state index < -0.39 is 0 Å². The number of nitrogens with zero attached hydrogens (tertiary/aromatic N) is 2. The maximum absolute atomic E-state index is 5.81. The van der Waals surface area contributed by atoms with Gasteiger partial charge in [-0.2, -0.15) is 4.98 Å². The first kappa shape index (κ1) is 11.7. The molecule has 88 valence electrons. The van der Waals surface area contributed by atoms with E-state index in [0.717, 1.165) is 23.8 Å². The minimum atomic E-state index is 0.279. The van der Waals surface area contributed by atoms with Crippen LogP contribution in [0.1, 0.15) is 5.56 Å². The van der Waals surface area contributed by atoms with Crippen molar-refractivity contribution >= 4 is 23.4 Å². The Labute approximate surface area is 105 Å². The molecule has 0 spiro atoms. The van der Waals surface area contributed by atoms with Crippen molar-refractivity contribution in [3.8, 4) is 0 Å². The molecule has 0 saturated heterocycles. The molecule has 5 heteroatoms. The largest absolute Gasteiger partial charge is 0.370 e. The topological polar surface area (TPSA) is 63.8 Å². The van der Waals surface area contributed by atoms with Crippen LogP contribution in [-0.2, 0) is 6.42 Å². The van der Waals surface area contributed by atoms with Crippen LogP contribution in [0, 0.1) is 0 Å². The lowest BCUT2D eigenvalue weighted by Crippen LogP contribution is -2.07. The molecule has 0 saturated carbocycles. The third-order valence-electron chi connectivity index (χ3n) is 2.31. The average Bonchev–Trinajstić information content (AvgIpc) is 2.32. The zero-order chi connectivity index (χ0) is 12.1. The number of nitrogens with one attached hydrogen (secondary N) is 1. The van der Waals surface area contributed by atoms with E-state index in [-0.39, 0.29) is 5.95 Å². The molecule has 0 amide bonds. The smallest absolute Gasteiger partial charge is 0.221 e. The van der Waals surface area contributed by atoms with Crippen LogP contribution >= 0.6 is 11.6 Å². The van der Waals surface area contributed by atoms with Crippen LogP contribution in [-0.4, -0.2) is 16.5 Å². The van der Waals surface area contributed by atoms with Gasteiger partial charge in [0.25, 0.3) is 0 Å². The number of rotatable bonds is 4. The Morgan fingerprint density at radius 2 is 1.94 bits per heavy atom. The summed E-state index contributed by atoms with van der Waals surface area (Å²) in [6.45, 7) is 0.790. The second-order valence-corrected chi connectivity index (χ2v) is 4.04. The lowest BCUT2D eigenvalue weighted by Gasteiger charge is -2.05. The first-order valence-electron chi connectivity index (χ1n) is 5.31. The molecule has 0 radical (unpaired) electrons. The SMILES string of the molecule is Nc1nccc(NCCc2ccc(Cl)cc2)n1. The van der Waals surface area contributed by atoms with Crippen molar-refractivity contribution in [2.24, 2.45) is 0 Å². The predicted octanol–water partition coefficient (Wildman–Crippen LogP) is 2.37. The van der Waals surface area contributed by atoms with Crippen molar-refractivity contribution in [3.63, 3.8) is 0 Å². The van der Waals surface area contributed by atoms with Gasteiger partial charge in [0.05, 0.1) is 0 Å². The van der Waals surface area contributed by atoms with E-state index in [0.29, 0.717) is 0 Å². The van der Waals surface area contributed by atoms with Gasteiger partial charge in [-0.05, 0) is 30.2 Å². The van der Waals surface area contributed by atoms with Crippen LogP contribution in [0.25, 0.3) is 0 Å². The van der Waals surface area contributed by atoms with E-state index in [2.05, 4.69) is 15.3 Å². The second kappa shape index (κ2) is 5.50. The normalized spacial score (nSPS) is 10.2. The molecule has 0 atom stereocenters. The van der Waals surface area contributed by atoms with Crippen molar-refractivity contribution in [3.05, 3.63) is 47.1 Å². The fourth-order valence-electron chi connectivity index (χ4n) is 1.46.